The predicted molar refractivity (Wildman–Crippen MR) is 85.3 cm³/mol. The van der Waals surface area contributed by atoms with Crippen LogP contribution in [0.5, 0.6) is 0 Å². The van der Waals surface area contributed by atoms with Gasteiger partial charge in [0.2, 0.25) is 0 Å². The molecule has 2 unspecified atom stereocenters. The SMILES string of the molecule is O=C(O)C(OCc1ccccc1)C(OCc1ccccc1)C(=O)O. The van der Waals surface area contributed by atoms with Gasteiger partial charge in [-0.3, -0.25) is 0 Å². The molecule has 24 heavy (non-hydrogen) atoms. The minimum Gasteiger partial charge on any atom is -0.479 e. The standard InChI is InChI=1S/C18H18O6/c19-17(20)15(23-11-13-7-3-1-4-8-13)16(18(21)22)24-12-14-9-5-2-6-10-14/h1-10,15-16H,11-12H2,(H,19,20)(H,21,22). The van der Waals surface area contributed by atoms with Gasteiger partial charge in [0.05, 0.1) is 13.2 Å². The third-order valence-electron chi connectivity index (χ3n) is 3.31. The van der Waals surface area contributed by atoms with E-state index in [0.717, 1.165) is 11.1 Å². The van der Waals surface area contributed by atoms with Crippen molar-refractivity contribution in [2.75, 3.05) is 0 Å². The van der Waals surface area contributed by atoms with Crippen LogP contribution in [0.4, 0.5) is 0 Å². The predicted octanol–water partition coefficient (Wildman–Crippen LogP) is 2.33. The van der Waals surface area contributed by atoms with Crippen LogP contribution in [0.1, 0.15) is 11.1 Å². The topological polar surface area (TPSA) is 93.1 Å². The van der Waals surface area contributed by atoms with Gasteiger partial charge in [-0.2, -0.15) is 0 Å². The van der Waals surface area contributed by atoms with Crippen molar-refractivity contribution in [1.29, 1.82) is 0 Å². The first-order chi connectivity index (χ1) is 11.6. The number of ether oxygens (including phenoxy) is 2. The highest BCUT2D eigenvalue weighted by molar-refractivity contribution is 5.83. The monoisotopic (exact) mass is 330 g/mol. The van der Waals surface area contributed by atoms with Gasteiger partial charge in [0.25, 0.3) is 0 Å². The number of carboxylic acids is 2. The Hall–Kier alpha value is -2.70. The number of carboxylic acid groups (broad SMARTS) is 2. The summed E-state index contributed by atoms with van der Waals surface area (Å²) in [5.74, 6) is -2.77. The number of hydrogen-bond acceptors (Lipinski definition) is 4. The molecule has 2 rings (SSSR count). The average molecular weight is 330 g/mol. The minimum absolute atomic E-state index is 0.0176. The Bertz CT molecular complexity index is 596. The molecule has 0 aliphatic carbocycles. The van der Waals surface area contributed by atoms with E-state index in [1.807, 2.05) is 12.1 Å². The third-order valence-corrected chi connectivity index (χ3v) is 3.31. The van der Waals surface area contributed by atoms with Gasteiger partial charge in [0, 0.05) is 0 Å². The van der Waals surface area contributed by atoms with E-state index in [1.54, 1.807) is 48.5 Å². The third kappa shape index (κ3) is 5.19. The van der Waals surface area contributed by atoms with Crippen molar-refractivity contribution >= 4 is 11.9 Å². The number of hydrogen-bond donors (Lipinski definition) is 2. The summed E-state index contributed by atoms with van der Waals surface area (Å²) in [6.45, 7) is -0.0352. The maximum Gasteiger partial charge on any atom is 0.336 e. The van der Waals surface area contributed by atoms with Crippen LogP contribution < -0.4 is 0 Å². The summed E-state index contributed by atoms with van der Waals surface area (Å²) in [4.78, 5) is 22.8. The van der Waals surface area contributed by atoms with Crippen molar-refractivity contribution in [3.05, 3.63) is 71.8 Å². The van der Waals surface area contributed by atoms with Crippen LogP contribution >= 0.6 is 0 Å². The Morgan fingerprint density at radius 1 is 0.708 bits per heavy atom. The molecule has 6 nitrogen and oxygen atoms in total. The lowest BCUT2D eigenvalue weighted by atomic mass is 10.2. The van der Waals surface area contributed by atoms with Crippen LogP contribution in [0, 0.1) is 0 Å². The van der Waals surface area contributed by atoms with Gasteiger partial charge in [-0.25, -0.2) is 9.59 Å². The highest BCUT2D eigenvalue weighted by atomic mass is 16.6. The molecular weight excluding hydrogens is 312 g/mol. The van der Waals surface area contributed by atoms with E-state index in [4.69, 9.17) is 9.47 Å². The Morgan fingerprint density at radius 2 is 1.04 bits per heavy atom. The highest BCUT2D eigenvalue weighted by Gasteiger charge is 2.36. The first-order valence-electron chi connectivity index (χ1n) is 7.34. The molecule has 2 N–H and O–H groups in total. The Morgan fingerprint density at radius 3 is 1.33 bits per heavy atom. The summed E-state index contributed by atoms with van der Waals surface area (Å²) in [5.41, 5.74) is 1.49. The largest absolute Gasteiger partial charge is 0.479 e. The van der Waals surface area contributed by atoms with Gasteiger partial charge < -0.3 is 19.7 Å². The van der Waals surface area contributed by atoms with Crippen molar-refractivity contribution < 1.29 is 29.3 Å². The number of rotatable bonds is 9. The van der Waals surface area contributed by atoms with Crippen molar-refractivity contribution in [1.82, 2.24) is 0 Å². The fourth-order valence-electron chi connectivity index (χ4n) is 2.10. The van der Waals surface area contributed by atoms with E-state index in [1.165, 1.54) is 0 Å². The smallest absolute Gasteiger partial charge is 0.336 e. The molecule has 0 aliphatic rings. The van der Waals surface area contributed by atoms with E-state index in [-0.39, 0.29) is 13.2 Å². The first kappa shape index (κ1) is 17.7. The van der Waals surface area contributed by atoms with Crippen LogP contribution in [0.25, 0.3) is 0 Å². The fourth-order valence-corrected chi connectivity index (χ4v) is 2.10. The zero-order valence-electron chi connectivity index (χ0n) is 12.9. The van der Waals surface area contributed by atoms with E-state index >= 15 is 0 Å². The molecule has 0 heterocycles. The van der Waals surface area contributed by atoms with Gasteiger partial charge in [-0.05, 0) is 11.1 Å². The first-order valence-corrected chi connectivity index (χ1v) is 7.34. The Balaban J connectivity index is 2.03. The molecule has 0 aliphatic heterocycles. The van der Waals surface area contributed by atoms with Gasteiger partial charge in [0.1, 0.15) is 0 Å². The van der Waals surface area contributed by atoms with Crippen molar-refractivity contribution in [2.24, 2.45) is 0 Å². The summed E-state index contributed by atoms with van der Waals surface area (Å²) in [6.07, 6.45) is -3.21. The van der Waals surface area contributed by atoms with Crippen LogP contribution in [0.2, 0.25) is 0 Å². The Kier molecular flexibility index (Phi) is 6.48. The van der Waals surface area contributed by atoms with Gasteiger partial charge >= 0.3 is 11.9 Å². The van der Waals surface area contributed by atoms with Crippen molar-refractivity contribution in [2.45, 2.75) is 25.4 Å². The minimum atomic E-state index is -1.61. The molecule has 126 valence electrons. The molecule has 6 heteroatoms. The van der Waals surface area contributed by atoms with Crippen LogP contribution in [0.15, 0.2) is 60.7 Å². The second-order valence-corrected chi connectivity index (χ2v) is 5.11. The zero-order valence-corrected chi connectivity index (χ0v) is 12.9. The van der Waals surface area contributed by atoms with Crippen LogP contribution in [-0.2, 0) is 32.3 Å². The summed E-state index contributed by atoms with van der Waals surface area (Å²) >= 11 is 0. The molecule has 0 radical (unpaired) electrons. The number of carbonyl (C=O) groups is 2. The van der Waals surface area contributed by atoms with E-state index in [2.05, 4.69) is 0 Å². The molecule has 0 saturated heterocycles. The zero-order chi connectivity index (χ0) is 17.4. The molecule has 2 atom stereocenters. The molecule has 2 aromatic carbocycles. The van der Waals surface area contributed by atoms with Gasteiger partial charge in [-0.15, -0.1) is 0 Å². The normalized spacial score (nSPS) is 13.2. The van der Waals surface area contributed by atoms with Gasteiger partial charge in [-0.1, -0.05) is 60.7 Å². The molecule has 0 amide bonds. The number of benzene rings is 2. The Labute approximate surface area is 139 Å². The molecule has 0 spiro atoms. The molecule has 0 bridgehead atoms. The average Bonchev–Trinajstić information content (AvgIpc) is 2.59. The fraction of sp³-hybridized carbons (Fsp3) is 0.222. The van der Waals surface area contributed by atoms with Crippen molar-refractivity contribution in [3.63, 3.8) is 0 Å². The van der Waals surface area contributed by atoms with E-state index in [9.17, 15) is 19.8 Å². The lowest BCUT2D eigenvalue weighted by molar-refractivity contribution is -0.179. The summed E-state index contributed by atoms with van der Waals surface area (Å²) in [5, 5.41) is 18.6. The molecule has 0 saturated carbocycles. The molecule has 0 aromatic heterocycles. The van der Waals surface area contributed by atoms with Crippen LogP contribution in [0.3, 0.4) is 0 Å². The van der Waals surface area contributed by atoms with Crippen LogP contribution in [-0.4, -0.2) is 34.4 Å². The van der Waals surface area contributed by atoms with Gasteiger partial charge in [0.15, 0.2) is 12.2 Å². The molecule has 0 fully saturated rings. The maximum absolute atomic E-state index is 11.4. The van der Waals surface area contributed by atoms with E-state index < -0.39 is 24.1 Å². The summed E-state index contributed by atoms with van der Waals surface area (Å²) in [7, 11) is 0. The summed E-state index contributed by atoms with van der Waals surface area (Å²) in [6, 6.07) is 17.8. The van der Waals surface area contributed by atoms with Crippen molar-refractivity contribution in [3.8, 4) is 0 Å². The second kappa shape index (κ2) is 8.81. The van der Waals surface area contributed by atoms with E-state index in [0.29, 0.717) is 0 Å². The lowest BCUT2D eigenvalue weighted by Crippen LogP contribution is -2.43. The molecule has 2 aromatic rings. The quantitative estimate of drug-likeness (QED) is 0.733. The maximum atomic E-state index is 11.4. The highest BCUT2D eigenvalue weighted by Crippen LogP contribution is 2.12. The second-order valence-electron chi connectivity index (χ2n) is 5.11. The summed E-state index contributed by atoms with van der Waals surface area (Å²) < 4.78 is 10.6. The molecular formula is C18H18O6. The lowest BCUT2D eigenvalue weighted by Gasteiger charge is -2.21. The number of aliphatic carboxylic acids is 2.